The van der Waals surface area contributed by atoms with E-state index >= 15 is 0 Å². The number of alkyl halides is 4. The molecular formula is C13H8ClF3N2O2. The highest BCUT2D eigenvalue weighted by molar-refractivity contribution is 6.16. The number of hydrogen-bond donors (Lipinski definition) is 0. The average molecular weight is 317 g/mol. The second-order valence-corrected chi connectivity index (χ2v) is 4.48. The van der Waals surface area contributed by atoms with Crippen LogP contribution in [0.3, 0.4) is 0 Å². The van der Waals surface area contributed by atoms with Crippen LogP contribution in [0, 0.1) is 0 Å². The molecule has 0 unspecified atom stereocenters. The smallest absolute Gasteiger partial charge is 0.431 e. The summed E-state index contributed by atoms with van der Waals surface area (Å²) in [5, 5.41) is 0.572. The zero-order valence-corrected chi connectivity index (χ0v) is 11.1. The van der Waals surface area contributed by atoms with Gasteiger partial charge in [0.1, 0.15) is 12.0 Å². The minimum Gasteiger partial charge on any atom is -0.431 e. The van der Waals surface area contributed by atoms with Crippen LogP contribution < -0.4 is 4.74 Å². The van der Waals surface area contributed by atoms with E-state index in [9.17, 15) is 13.2 Å². The third-order valence-electron chi connectivity index (χ3n) is 2.78. The molecule has 0 fully saturated rings. The molecule has 3 aromatic rings. The third-order valence-corrected chi connectivity index (χ3v) is 3.05. The second kappa shape index (κ2) is 5.00. The Bertz CT molecular complexity index is 779. The molecule has 0 saturated heterocycles. The standard InChI is InChI=1S/C13H8ClF3N2O2/c14-6-9-7-20-12(18-9)19-4-3-8-5-10(1-2-11(8)19)21-13(15,16)17/h1-5,7H,6H2. The quantitative estimate of drug-likeness (QED) is 0.678. The minimum absolute atomic E-state index is 0.215. The van der Waals surface area contributed by atoms with Crippen LogP contribution in [-0.2, 0) is 5.88 Å². The summed E-state index contributed by atoms with van der Waals surface area (Å²) in [5.74, 6) is -0.0617. The normalized spacial score (nSPS) is 12.0. The Morgan fingerprint density at radius 3 is 2.76 bits per heavy atom. The number of rotatable bonds is 3. The summed E-state index contributed by atoms with van der Waals surface area (Å²) in [6.07, 6.45) is -1.64. The molecule has 8 heteroatoms. The van der Waals surface area contributed by atoms with Gasteiger partial charge < -0.3 is 9.15 Å². The van der Waals surface area contributed by atoms with Gasteiger partial charge in [-0.1, -0.05) is 0 Å². The molecule has 0 radical (unpaired) electrons. The number of hydrogen-bond acceptors (Lipinski definition) is 3. The number of ether oxygens (including phenoxy) is 1. The maximum atomic E-state index is 12.2. The van der Waals surface area contributed by atoms with Gasteiger partial charge in [0.25, 0.3) is 0 Å². The first-order chi connectivity index (χ1) is 9.96. The Hall–Kier alpha value is -2.15. The summed E-state index contributed by atoms with van der Waals surface area (Å²) in [6.45, 7) is 0. The lowest BCUT2D eigenvalue weighted by molar-refractivity contribution is -0.274. The molecule has 0 saturated carbocycles. The number of benzene rings is 1. The summed E-state index contributed by atoms with van der Waals surface area (Å²) in [5.41, 5.74) is 1.22. The zero-order valence-electron chi connectivity index (χ0n) is 10.4. The van der Waals surface area contributed by atoms with Gasteiger partial charge in [-0.25, -0.2) is 0 Å². The second-order valence-electron chi connectivity index (χ2n) is 4.21. The fraction of sp³-hybridized carbons (Fsp3) is 0.154. The van der Waals surface area contributed by atoms with E-state index in [4.69, 9.17) is 16.0 Å². The van der Waals surface area contributed by atoms with Crippen molar-refractivity contribution in [3.05, 3.63) is 42.4 Å². The number of oxazole rings is 1. The molecule has 0 bridgehead atoms. The summed E-state index contributed by atoms with van der Waals surface area (Å²) >= 11 is 5.65. The minimum atomic E-state index is -4.71. The van der Waals surface area contributed by atoms with Crippen LogP contribution in [0.1, 0.15) is 5.69 Å². The van der Waals surface area contributed by atoms with Crippen LogP contribution >= 0.6 is 11.6 Å². The Kier molecular flexibility index (Phi) is 3.29. The Morgan fingerprint density at radius 1 is 1.29 bits per heavy atom. The van der Waals surface area contributed by atoms with Gasteiger partial charge in [-0.3, -0.25) is 4.57 Å². The first-order valence-electron chi connectivity index (χ1n) is 5.84. The van der Waals surface area contributed by atoms with Crippen molar-refractivity contribution in [1.29, 1.82) is 0 Å². The highest BCUT2D eigenvalue weighted by Gasteiger charge is 2.31. The predicted octanol–water partition coefficient (Wildman–Crippen LogP) is 4.26. The average Bonchev–Trinajstić information content (AvgIpc) is 3.01. The van der Waals surface area contributed by atoms with Gasteiger partial charge in [0.15, 0.2) is 0 Å². The lowest BCUT2D eigenvalue weighted by Crippen LogP contribution is -2.16. The van der Waals surface area contributed by atoms with E-state index in [0.29, 0.717) is 22.6 Å². The van der Waals surface area contributed by atoms with E-state index in [0.717, 1.165) is 0 Å². The maximum Gasteiger partial charge on any atom is 0.573 e. The molecule has 0 aliphatic heterocycles. The van der Waals surface area contributed by atoms with E-state index in [1.807, 2.05) is 0 Å². The Labute approximate surface area is 121 Å². The van der Waals surface area contributed by atoms with Crippen molar-refractivity contribution in [3.63, 3.8) is 0 Å². The monoisotopic (exact) mass is 316 g/mol. The summed E-state index contributed by atoms with van der Waals surface area (Å²) in [6, 6.07) is 5.97. The van der Waals surface area contributed by atoms with Crippen molar-refractivity contribution in [2.75, 3.05) is 0 Å². The lowest BCUT2D eigenvalue weighted by atomic mass is 10.2. The van der Waals surface area contributed by atoms with Crippen molar-refractivity contribution in [1.82, 2.24) is 9.55 Å². The van der Waals surface area contributed by atoms with Crippen molar-refractivity contribution < 1.29 is 22.3 Å². The fourth-order valence-corrected chi connectivity index (χ4v) is 2.08. The summed E-state index contributed by atoms with van der Waals surface area (Å²) in [7, 11) is 0. The molecule has 110 valence electrons. The largest absolute Gasteiger partial charge is 0.573 e. The fourth-order valence-electron chi connectivity index (χ4n) is 1.95. The van der Waals surface area contributed by atoms with Crippen LogP contribution in [0.2, 0.25) is 0 Å². The maximum absolute atomic E-state index is 12.2. The zero-order chi connectivity index (χ0) is 15.0. The Balaban J connectivity index is 1.99. The number of aromatic nitrogens is 2. The van der Waals surface area contributed by atoms with Crippen LogP contribution in [0.5, 0.6) is 5.75 Å². The van der Waals surface area contributed by atoms with Gasteiger partial charge in [0.2, 0.25) is 0 Å². The molecule has 4 nitrogen and oxygen atoms in total. The van der Waals surface area contributed by atoms with Crippen LogP contribution in [0.25, 0.3) is 16.9 Å². The molecule has 0 amide bonds. The van der Waals surface area contributed by atoms with Crippen LogP contribution in [0.15, 0.2) is 41.1 Å². The van der Waals surface area contributed by atoms with E-state index in [2.05, 4.69) is 9.72 Å². The molecule has 0 spiro atoms. The van der Waals surface area contributed by atoms with E-state index in [1.165, 1.54) is 24.5 Å². The molecule has 3 rings (SSSR count). The predicted molar refractivity (Wildman–Crippen MR) is 69.6 cm³/mol. The van der Waals surface area contributed by atoms with Gasteiger partial charge in [-0.15, -0.1) is 24.8 Å². The van der Waals surface area contributed by atoms with E-state index in [1.54, 1.807) is 16.8 Å². The third kappa shape index (κ3) is 2.82. The topological polar surface area (TPSA) is 40.2 Å². The number of nitrogens with zero attached hydrogens (tertiary/aromatic N) is 2. The summed E-state index contributed by atoms with van der Waals surface area (Å²) in [4.78, 5) is 4.16. The van der Waals surface area contributed by atoms with Crippen LogP contribution in [-0.4, -0.2) is 15.9 Å². The molecular weight excluding hydrogens is 309 g/mol. The lowest BCUT2D eigenvalue weighted by Gasteiger charge is -2.08. The van der Waals surface area contributed by atoms with Crippen molar-refractivity contribution in [2.24, 2.45) is 0 Å². The van der Waals surface area contributed by atoms with Gasteiger partial charge in [0.05, 0.1) is 17.1 Å². The van der Waals surface area contributed by atoms with Crippen molar-refractivity contribution in [2.45, 2.75) is 12.2 Å². The molecule has 0 N–H and O–H groups in total. The molecule has 0 atom stereocenters. The molecule has 0 aliphatic carbocycles. The SMILES string of the molecule is FC(F)(F)Oc1ccc2c(ccn2-c2nc(CCl)co2)c1. The first-order valence-corrected chi connectivity index (χ1v) is 6.37. The van der Waals surface area contributed by atoms with Gasteiger partial charge in [-0.2, -0.15) is 4.98 Å². The molecule has 2 heterocycles. The molecule has 1 aromatic carbocycles. The van der Waals surface area contributed by atoms with Gasteiger partial charge in [0, 0.05) is 11.6 Å². The first kappa shape index (κ1) is 13.8. The molecule has 2 aromatic heterocycles. The Morgan fingerprint density at radius 2 is 2.10 bits per heavy atom. The summed E-state index contributed by atoms with van der Waals surface area (Å²) < 4.78 is 47.3. The number of halogens is 4. The number of fused-ring (bicyclic) bond motifs is 1. The molecule has 0 aliphatic rings. The van der Waals surface area contributed by atoms with Crippen molar-refractivity contribution >= 4 is 22.5 Å². The van der Waals surface area contributed by atoms with Crippen LogP contribution in [0.4, 0.5) is 13.2 Å². The highest BCUT2D eigenvalue weighted by atomic mass is 35.5. The van der Waals surface area contributed by atoms with E-state index in [-0.39, 0.29) is 11.6 Å². The van der Waals surface area contributed by atoms with Gasteiger partial charge in [-0.05, 0) is 24.3 Å². The van der Waals surface area contributed by atoms with E-state index < -0.39 is 6.36 Å². The van der Waals surface area contributed by atoms with Gasteiger partial charge >= 0.3 is 12.4 Å². The van der Waals surface area contributed by atoms with Crippen molar-refractivity contribution in [3.8, 4) is 11.8 Å². The molecule has 21 heavy (non-hydrogen) atoms. The highest BCUT2D eigenvalue weighted by Crippen LogP contribution is 2.28.